The smallest absolute Gasteiger partial charge is 0.332 e. The molecule has 0 saturated heterocycles. The first-order valence-electron chi connectivity index (χ1n) is 9.63. The van der Waals surface area contributed by atoms with E-state index in [2.05, 4.69) is 0 Å². The second kappa shape index (κ2) is 19.5. The summed E-state index contributed by atoms with van der Waals surface area (Å²) in [6.07, 6.45) is 0. The van der Waals surface area contributed by atoms with Crippen molar-refractivity contribution in [1.82, 2.24) is 0 Å². The molecule has 0 bridgehead atoms. The molecule has 0 radical (unpaired) electrons. The van der Waals surface area contributed by atoms with Gasteiger partial charge in [-0.2, -0.15) is 0 Å². The van der Waals surface area contributed by atoms with Gasteiger partial charge >= 0.3 is 5.97 Å². The van der Waals surface area contributed by atoms with E-state index in [1.54, 1.807) is 7.11 Å². The molecule has 168 valence electrons. The van der Waals surface area contributed by atoms with Gasteiger partial charge in [-0.05, 0) is 20.8 Å². The van der Waals surface area contributed by atoms with Crippen molar-refractivity contribution in [3.05, 3.63) is 0 Å². The van der Waals surface area contributed by atoms with E-state index in [4.69, 9.17) is 37.9 Å². The second-order valence-corrected chi connectivity index (χ2v) is 6.69. The van der Waals surface area contributed by atoms with Crippen molar-refractivity contribution in [2.45, 2.75) is 26.4 Å². The number of ether oxygens (including phenoxy) is 8. The standard InChI is InChI=1S/C19H38O9/c1-19(2,3)28-18(20)17-27-16-15-26-14-13-25-12-11-24-10-9-23-8-7-22-6-5-21-4/h5-17H2,1-4H3. The minimum absolute atomic E-state index is 0.0704. The Balaban J connectivity index is 3.11. The summed E-state index contributed by atoms with van der Waals surface area (Å²) in [4.78, 5) is 11.4. The van der Waals surface area contributed by atoms with Crippen LogP contribution in [0.1, 0.15) is 20.8 Å². The normalized spacial score (nSPS) is 11.7. The highest BCUT2D eigenvalue weighted by atomic mass is 16.6. The van der Waals surface area contributed by atoms with Gasteiger partial charge in [-0.3, -0.25) is 0 Å². The molecule has 0 spiro atoms. The van der Waals surface area contributed by atoms with Crippen LogP contribution in [-0.2, 0) is 42.7 Å². The van der Waals surface area contributed by atoms with Crippen molar-refractivity contribution in [2.24, 2.45) is 0 Å². The molecular weight excluding hydrogens is 372 g/mol. The minimum atomic E-state index is -0.496. The van der Waals surface area contributed by atoms with E-state index in [0.717, 1.165) is 0 Å². The summed E-state index contributed by atoms with van der Waals surface area (Å²) >= 11 is 0. The van der Waals surface area contributed by atoms with E-state index in [-0.39, 0.29) is 12.6 Å². The lowest BCUT2D eigenvalue weighted by atomic mass is 10.2. The van der Waals surface area contributed by atoms with E-state index in [1.807, 2.05) is 20.8 Å². The maximum absolute atomic E-state index is 11.4. The monoisotopic (exact) mass is 410 g/mol. The Kier molecular flexibility index (Phi) is 18.9. The maximum Gasteiger partial charge on any atom is 0.332 e. The summed E-state index contributed by atoms with van der Waals surface area (Å²) in [5, 5.41) is 0. The van der Waals surface area contributed by atoms with Crippen LogP contribution in [0.5, 0.6) is 0 Å². The molecule has 0 aliphatic heterocycles. The van der Waals surface area contributed by atoms with Crippen molar-refractivity contribution in [3.63, 3.8) is 0 Å². The molecule has 0 heterocycles. The second-order valence-electron chi connectivity index (χ2n) is 6.69. The van der Waals surface area contributed by atoms with Crippen LogP contribution < -0.4 is 0 Å². The van der Waals surface area contributed by atoms with Crippen LogP contribution in [0.15, 0.2) is 0 Å². The topological polar surface area (TPSA) is 90.9 Å². The van der Waals surface area contributed by atoms with Gasteiger partial charge < -0.3 is 37.9 Å². The van der Waals surface area contributed by atoms with Gasteiger partial charge in [0.1, 0.15) is 12.2 Å². The average Bonchev–Trinajstić information content (AvgIpc) is 2.62. The van der Waals surface area contributed by atoms with Crippen LogP contribution in [0.3, 0.4) is 0 Å². The number of esters is 1. The van der Waals surface area contributed by atoms with E-state index in [1.165, 1.54) is 0 Å². The fraction of sp³-hybridized carbons (Fsp3) is 0.947. The molecule has 28 heavy (non-hydrogen) atoms. The number of methoxy groups -OCH3 is 1. The molecule has 0 aliphatic rings. The summed E-state index contributed by atoms with van der Waals surface area (Å²) in [5.74, 6) is -0.378. The van der Waals surface area contributed by atoms with Gasteiger partial charge in [-0.1, -0.05) is 0 Å². The number of rotatable bonds is 20. The molecule has 0 saturated carbocycles. The zero-order chi connectivity index (χ0) is 20.9. The van der Waals surface area contributed by atoms with Gasteiger partial charge in [0.15, 0.2) is 0 Å². The highest BCUT2D eigenvalue weighted by Gasteiger charge is 2.15. The van der Waals surface area contributed by atoms with Crippen molar-refractivity contribution < 1.29 is 42.7 Å². The molecule has 0 rings (SSSR count). The summed E-state index contributed by atoms with van der Waals surface area (Å²) in [7, 11) is 1.64. The summed E-state index contributed by atoms with van der Waals surface area (Å²) in [6, 6.07) is 0. The Morgan fingerprint density at radius 1 is 0.571 bits per heavy atom. The first kappa shape index (κ1) is 27.2. The Morgan fingerprint density at radius 2 is 0.893 bits per heavy atom. The van der Waals surface area contributed by atoms with Gasteiger partial charge in [0.2, 0.25) is 0 Å². The van der Waals surface area contributed by atoms with E-state index >= 15 is 0 Å². The predicted molar refractivity (Wildman–Crippen MR) is 103 cm³/mol. The molecule has 0 amide bonds. The molecule has 9 heteroatoms. The fourth-order valence-corrected chi connectivity index (χ4v) is 1.77. The van der Waals surface area contributed by atoms with Crippen LogP contribution >= 0.6 is 0 Å². The van der Waals surface area contributed by atoms with Crippen molar-refractivity contribution in [1.29, 1.82) is 0 Å². The van der Waals surface area contributed by atoms with Crippen LogP contribution in [0.2, 0.25) is 0 Å². The zero-order valence-electron chi connectivity index (χ0n) is 17.9. The minimum Gasteiger partial charge on any atom is -0.458 e. The zero-order valence-corrected chi connectivity index (χ0v) is 17.9. The molecule has 0 aliphatic carbocycles. The summed E-state index contributed by atoms with van der Waals surface area (Å²) in [6.45, 7) is 11.4. The molecule has 0 fully saturated rings. The first-order valence-corrected chi connectivity index (χ1v) is 9.63. The molecule has 0 atom stereocenters. The molecule has 0 N–H and O–H groups in total. The largest absolute Gasteiger partial charge is 0.458 e. The maximum atomic E-state index is 11.4. The lowest BCUT2D eigenvalue weighted by Gasteiger charge is -2.19. The Labute approximate surface area is 168 Å². The van der Waals surface area contributed by atoms with Gasteiger partial charge in [-0.15, -0.1) is 0 Å². The quantitative estimate of drug-likeness (QED) is 0.216. The highest BCUT2D eigenvalue weighted by Crippen LogP contribution is 2.06. The molecule has 0 aromatic heterocycles. The third-order valence-corrected chi connectivity index (χ3v) is 2.93. The number of carbonyl (C=O) groups is 1. The first-order chi connectivity index (χ1) is 13.5. The Hall–Kier alpha value is -0.810. The van der Waals surface area contributed by atoms with Gasteiger partial charge in [0.05, 0.1) is 79.3 Å². The number of carbonyl (C=O) groups excluding carboxylic acids is 1. The van der Waals surface area contributed by atoms with Crippen LogP contribution in [0.4, 0.5) is 0 Å². The fourth-order valence-electron chi connectivity index (χ4n) is 1.77. The molecule has 0 unspecified atom stereocenters. The average molecular weight is 411 g/mol. The lowest BCUT2D eigenvalue weighted by Crippen LogP contribution is -2.27. The Morgan fingerprint density at radius 3 is 1.21 bits per heavy atom. The van der Waals surface area contributed by atoms with Gasteiger partial charge in [0.25, 0.3) is 0 Å². The van der Waals surface area contributed by atoms with Gasteiger partial charge in [0, 0.05) is 7.11 Å². The molecule has 9 nitrogen and oxygen atoms in total. The van der Waals surface area contributed by atoms with Crippen LogP contribution in [-0.4, -0.2) is 105 Å². The van der Waals surface area contributed by atoms with E-state index < -0.39 is 5.60 Å². The molecule has 0 aromatic rings. The third kappa shape index (κ3) is 23.2. The van der Waals surface area contributed by atoms with Crippen LogP contribution in [0.25, 0.3) is 0 Å². The molecule has 0 aromatic carbocycles. The van der Waals surface area contributed by atoms with Crippen molar-refractivity contribution in [3.8, 4) is 0 Å². The third-order valence-electron chi connectivity index (χ3n) is 2.93. The van der Waals surface area contributed by atoms with Crippen molar-refractivity contribution >= 4 is 5.97 Å². The van der Waals surface area contributed by atoms with Crippen molar-refractivity contribution in [2.75, 3.05) is 93.0 Å². The van der Waals surface area contributed by atoms with E-state index in [0.29, 0.717) is 79.3 Å². The highest BCUT2D eigenvalue weighted by molar-refractivity contribution is 5.71. The summed E-state index contributed by atoms with van der Waals surface area (Å²) in [5.41, 5.74) is -0.496. The number of hydrogen-bond acceptors (Lipinski definition) is 9. The van der Waals surface area contributed by atoms with Gasteiger partial charge in [-0.25, -0.2) is 4.79 Å². The summed E-state index contributed by atoms with van der Waals surface area (Å²) < 4.78 is 41.9. The predicted octanol–water partition coefficient (Wildman–Crippen LogP) is 1.07. The molecular formula is C19H38O9. The SMILES string of the molecule is COCCOCCOCCOCCOCCOCCOCC(=O)OC(C)(C)C. The number of hydrogen-bond donors (Lipinski definition) is 0. The van der Waals surface area contributed by atoms with E-state index in [9.17, 15) is 4.79 Å². The van der Waals surface area contributed by atoms with Crippen LogP contribution in [0, 0.1) is 0 Å². The Bertz CT molecular complexity index is 345. The lowest BCUT2D eigenvalue weighted by molar-refractivity contribution is -0.160.